The van der Waals surface area contributed by atoms with Gasteiger partial charge in [0.1, 0.15) is 18.2 Å². The third-order valence-corrected chi connectivity index (χ3v) is 3.14. The molecule has 2 unspecified atom stereocenters. The van der Waals surface area contributed by atoms with E-state index in [4.69, 9.17) is 0 Å². The van der Waals surface area contributed by atoms with Crippen molar-refractivity contribution in [1.82, 2.24) is 15.3 Å². The van der Waals surface area contributed by atoms with Crippen molar-refractivity contribution in [2.24, 2.45) is 5.92 Å². The van der Waals surface area contributed by atoms with Gasteiger partial charge in [0.15, 0.2) is 0 Å². The summed E-state index contributed by atoms with van der Waals surface area (Å²) in [6.07, 6.45) is 3.63. The lowest BCUT2D eigenvalue weighted by Crippen LogP contribution is -2.36. The van der Waals surface area contributed by atoms with Crippen LogP contribution in [0.15, 0.2) is 12.4 Å². The third-order valence-electron chi connectivity index (χ3n) is 3.14. The maximum atomic E-state index is 10.6. The maximum Gasteiger partial charge on any atom is 0.305 e. The minimum atomic E-state index is -0.479. The molecule has 0 spiro atoms. The van der Waals surface area contributed by atoms with Crippen LogP contribution in [0.1, 0.15) is 45.9 Å². The second-order valence-electron chi connectivity index (χ2n) is 5.07. The Balaban J connectivity index is 2.89. The molecule has 1 N–H and O–H groups in total. The predicted octanol–water partition coefficient (Wildman–Crippen LogP) is 2.51. The van der Waals surface area contributed by atoms with Crippen molar-refractivity contribution >= 4 is 5.69 Å². The van der Waals surface area contributed by atoms with Crippen LogP contribution in [-0.2, 0) is 0 Å². The van der Waals surface area contributed by atoms with E-state index in [-0.39, 0.29) is 17.6 Å². The first kappa shape index (κ1) is 15.5. The van der Waals surface area contributed by atoms with Gasteiger partial charge in [0.25, 0.3) is 0 Å². The van der Waals surface area contributed by atoms with Crippen molar-refractivity contribution in [2.45, 2.75) is 46.1 Å². The van der Waals surface area contributed by atoms with E-state index >= 15 is 0 Å². The zero-order chi connectivity index (χ0) is 14.4. The Kier molecular flexibility index (Phi) is 5.82. The van der Waals surface area contributed by atoms with E-state index in [0.717, 1.165) is 13.0 Å². The van der Waals surface area contributed by atoms with E-state index in [2.05, 4.69) is 43.0 Å². The quantitative estimate of drug-likeness (QED) is 0.605. The van der Waals surface area contributed by atoms with Crippen LogP contribution in [-0.4, -0.2) is 27.5 Å². The van der Waals surface area contributed by atoms with Gasteiger partial charge in [-0.1, -0.05) is 20.8 Å². The van der Waals surface area contributed by atoms with Gasteiger partial charge in [0.2, 0.25) is 0 Å². The lowest BCUT2D eigenvalue weighted by Gasteiger charge is -2.26. The number of hydrogen-bond donors (Lipinski definition) is 1. The summed E-state index contributed by atoms with van der Waals surface area (Å²) in [5.74, 6) is 1.17. The fourth-order valence-corrected chi connectivity index (χ4v) is 2.20. The Morgan fingerprint density at radius 3 is 2.32 bits per heavy atom. The molecule has 0 aliphatic heterocycles. The van der Waals surface area contributed by atoms with Crippen LogP contribution in [0.4, 0.5) is 5.69 Å². The van der Waals surface area contributed by atoms with Gasteiger partial charge in [-0.05, 0) is 25.8 Å². The predicted molar refractivity (Wildman–Crippen MR) is 74.0 cm³/mol. The SMILES string of the molecule is CCCNC(C)C(c1ncc([N+](=O)[O-])cn1)C(C)C. The molecular formula is C13H22N4O2. The Hall–Kier alpha value is -1.56. The Morgan fingerprint density at radius 1 is 1.32 bits per heavy atom. The van der Waals surface area contributed by atoms with E-state index in [9.17, 15) is 10.1 Å². The van der Waals surface area contributed by atoms with Gasteiger partial charge in [-0.25, -0.2) is 9.97 Å². The average Bonchev–Trinajstić information content (AvgIpc) is 2.36. The third kappa shape index (κ3) is 4.24. The van der Waals surface area contributed by atoms with Gasteiger partial charge in [-0.15, -0.1) is 0 Å². The van der Waals surface area contributed by atoms with Gasteiger partial charge in [-0.2, -0.15) is 0 Å². The van der Waals surface area contributed by atoms with E-state index in [0.29, 0.717) is 11.7 Å². The summed E-state index contributed by atoms with van der Waals surface area (Å²) in [7, 11) is 0. The van der Waals surface area contributed by atoms with Crippen LogP contribution in [0.3, 0.4) is 0 Å². The van der Waals surface area contributed by atoms with Crippen molar-refractivity contribution in [3.05, 3.63) is 28.3 Å². The Morgan fingerprint density at radius 2 is 1.89 bits per heavy atom. The molecule has 19 heavy (non-hydrogen) atoms. The van der Waals surface area contributed by atoms with Crippen molar-refractivity contribution in [3.63, 3.8) is 0 Å². The first-order chi connectivity index (χ1) is 8.97. The molecule has 0 aliphatic rings. The zero-order valence-corrected chi connectivity index (χ0v) is 12.0. The molecule has 0 fully saturated rings. The largest absolute Gasteiger partial charge is 0.314 e. The molecule has 0 aromatic carbocycles. The average molecular weight is 266 g/mol. The maximum absolute atomic E-state index is 10.6. The molecule has 1 rings (SSSR count). The normalized spacial score (nSPS) is 14.4. The standard InChI is InChI=1S/C13H22N4O2/c1-5-6-14-10(4)12(9(2)3)13-15-7-11(8-16-13)17(18)19/h7-10,12,14H,5-6H2,1-4H3. The van der Waals surface area contributed by atoms with E-state index in [1.807, 2.05) is 0 Å². The molecule has 1 aromatic rings. The lowest BCUT2D eigenvalue weighted by atomic mass is 9.88. The zero-order valence-electron chi connectivity index (χ0n) is 12.0. The van der Waals surface area contributed by atoms with Crippen LogP contribution in [0.2, 0.25) is 0 Å². The number of hydrogen-bond acceptors (Lipinski definition) is 5. The molecule has 1 heterocycles. The number of rotatable bonds is 7. The van der Waals surface area contributed by atoms with E-state index in [1.165, 1.54) is 12.4 Å². The van der Waals surface area contributed by atoms with Crippen LogP contribution in [0, 0.1) is 16.0 Å². The number of aromatic nitrogens is 2. The molecule has 6 heteroatoms. The molecule has 0 saturated carbocycles. The first-order valence-electron chi connectivity index (χ1n) is 6.67. The minimum Gasteiger partial charge on any atom is -0.314 e. The number of nitrogens with one attached hydrogen (secondary N) is 1. The molecule has 106 valence electrons. The smallest absolute Gasteiger partial charge is 0.305 e. The summed E-state index contributed by atoms with van der Waals surface area (Å²) in [6, 6.07) is 0.237. The highest BCUT2D eigenvalue weighted by Gasteiger charge is 2.25. The first-order valence-corrected chi connectivity index (χ1v) is 6.67. The second kappa shape index (κ2) is 7.13. The van der Waals surface area contributed by atoms with Gasteiger partial charge in [0, 0.05) is 12.0 Å². The molecule has 6 nitrogen and oxygen atoms in total. The molecule has 0 amide bonds. The van der Waals surface area contributed by atoms with Crippen LogP contribution in [0.25, 0.3) is 0 Å². The minimum absolute atomic E-state index is 0.0690. The topological polar surface area (TPSA) is 81.0 Å². The molecule has 0 bridgehead atoms. The van der Waals surface area contributed by atoms with Gasteiger partial charge in [0.05, 0.1) is 4.92 Å². The van der Waals surface area contributed by atoms with Crippen molar-refractivity contribution in [3.8, 4) is 0 Å². The van der Waals surface area contributed by atoms with E-state index < -0.39 is 4.92 Å². The molecule has 0 radical (unpaired) electrons. The van der Waals surface area contributed by atoms with Crippen LogP contribution < -0.4 is 5.32 Å². The Bertz CT molecular complexity index is 406. The monoisotopic (exact) mass is 266 g/mol. The highest BCUT2D eigenvalue weighted by atomic mass is 16.6. The van der Waals surface area contributed by atoms with Gasteiger partial charge in [-0.3, -0.25) is 10.1 Å². The van der Waals surface area contributed by atoms with E-state index in [1.54, 1.807) is 0 Å². The van der Waals surface area contributed by atoms with Crippen LogP contribution in [0.5, 0.6) is 0 Å². The Labute approximate surface area is 113 Å². The summed E-state index contributed by atoms with van der Waals surface area (Å²) < 4.78 is 0. The lowest BCUT2D eigenvalue weighted by molar-refractivity contribution is -0.385. The number of nitrogens with zero attached hydrogens (tertiary/aromatic N) is 3. The molecular weight excluding hydrogens is 244 g/mol. The molecule has 0 aliphatic carbocycles. The summed E-state index contributed by atoms with van der Waals surface area (Å²) in [6.45, 7) is 9.38. The summed E-state index contributed by atoms with van der Waals surface area (Å²) in [4.78, 5) is 18.4. The molecule has 0 saturated heterocycles. The van der Waals surface area contributed by atoms with Crippen LogP contribution >= 0.6 is 0 Å². The molecule has 1 aromatic heterocycles. The summed E-state index contributed by atoms with van der Waals surface area (Å²) in [5, 5.41) is 14.0. The van der Waals surface area contributed by atoms with Gasteiger partial charge >= 0.3 is 5.69 Å². The number of nitro groups is 1. The van der Waals surface area contributed by atoms with Crippen molar-refractivity contribution in [2.75, 3.05) is 6.54 Å². The summed E-state index contributed by atoms with van der Waals surface area (Å²) >= 11 is 0. The molecule has 2 atom stereocenters. The fraction of sp³-hybridized carbons (Fsp3) is 0.692. The fourth-order valence-electron chi connectivity index (χ4n) is 2.20. The second-order valence-corrected chi connectivity index (χ2v) is 5.07. The van der Waals surface area contributed by atoms with Crippen molar-refractivity contribution in [1.29, 1.82) is 0 Å². The highest BCUT2D eigenvalue weighted by Crippen LogP contribution is 2.25. The summed E-state index contributed by atoms with van der Waals surface area (Å²) in [5.41, 5.74) is -0.0690. The highest BCUT2D eigenvalue weighted by molar-refractivity contribution is 5.22. The van der Waals surface area contributed by atoms with Gasteiger partial charge < -0.3 is 5.32 Å². The van der Waals surface area contributed by atoms with Crippen molar-refractivity contribution < 1.29 is 4.92 Å².